The second kappa shape index (κ2) is 5.34. The zero-order valence-electron chi connectivity index (χ0n) is 12.0. The van der Waals surface area contributed by atoms with Crippen LogP contribution in [-0.2, 0) is 0 Å². The lowest BCUT2D eigenvalue weighted by molar-refractivity contribution is -0.00317. The van der Waals surface area contributed by atoms with Crippen LogP contribution in [0.1, 0.15) is 40.0 Å². The van der Waals surface area contributed by atoms with Crippen LogP contribution in [0.3, 0.4) is 0 Å². The van der Waals surface area contributed by atoms with E-state index in [1.54, 1.807) is 0 Å². The average molecular weight is 282 g/mol. The molecule has 0 heterocycles. The maximum absolute atomic E-state index is 10.1. The van der Waals surface area contributed by atoms with Crippen molar-refractivity contribution < 1.29 is 5.11 Å². The molecular formula is C16H24ClNO. The Balaban J connectivity index is 2.03. The third-order valence-electron chi connectivity index (χ3n) is 4.00. The number of aliphatic hydroxyl groups excluding tert-OH is 1. The van der Waals surface area contributed by atoms with Crippen molar-refractivity contribution in [3.8, 4) is 0 Å². The number of aliphatic hydroxyl groups is 1. The summed E-state index contributed by atoms with van der Waals surface area (Å²) in [7, 11) is 0. The van der Waals surface area contributed by atoms with E-state index in [4.69, 9.17) is 11.6 Å². The Labute approximate surface area is 121 Å². The van der Waals surface area contributed by atoms with Crippen LogP contribution >= 0.6 is 11.6 Å². The Morgan fingerprint density at radius 2 is 1.95 bits per heavy atom. The molecule has 3 heteroatoms. The fourth-order valence-electron chi connectivity index (χ4n) is 3.63. The predicted octanol–water partition coefficient (Wildman–Crippen LogP) is 4.33. The molecule has 1 aromatic rings. The molecule has 19 heavy (non-hydrogen) atoms. The highest BCUT2D eigenvalue weighted by molar-refractivity contribution is 6.33. The van der Waals surface area contributed by atoms with Gasteiger partial charge in [-0.2, -0.15) is 0 Å². The molecule has 1 aliphatic rings. The number of hydrogen-bond donors (Lipinski definition) is 2. The van der Waals surface area contributed by atoms with Gasteiger partial charge < -0.3 is 10.4 Å². The zero-order valence-corrected chi connectivity index (χ0v) is 12.8. The van der Waals surface area contributed by atoms with Gasteiger partial charge in [-0.25, -0.2) is 0 Å². The summed E-state index contributed by atoms with van der Waals surface area (Å²) in [5.41, 5.74) is 1.29. The molecule has 0 aliphatic heterocycles. The van der Waals surface area contributed by atoms with Crippen molar-refractivity contribution in [3.63, 3.8) is 0 Å². The van der Waals surface area contributed by atoms with Gasteiger partial charge in [-0.05, 0) is 42.2 Å². The SMILES string of the molecule is CC1(C)C[C@H](O)C[C@](C)(CNc2ccccc2Cl)C1. The van der Waals surface area contributed by atoms with Gasteiger partial charge in [-0.3, -0.25) is 0 Å². The van der Waals surface area contributed by atoms with Crippen molar-refractivity contribution in [2.45, 2.75) is 46.1 Å². The van der Waals surface area contributed by atoms with E-state index < -0.39 is 0 Å². The molecule has 2 rings (SSSR count). The van der Waals surface area contributed by atoms with Crippen molar-refractivity contribution in [1.82, 2.24) is 0 Å². The quantitative estimate of drug-likeness (QED) is 0.864. The molecule has 1 aromatic carbocycles. The van der Waals surface area contributed by atoms with Crippen LogP contribution in [-0.4, -0.2) is 17.8 Å². The summed E-state index contributed by atoms with van der Waals surface area (Å²) in [4.78, 5) is 0. The zero-order chi connectivity index (χ0) is 14.1. The standard InChI is InChI=1S/C16H24ClNO/c1-15(2)8-12(19)9-16(3,10-15)11-18-14-7-5-4-6-13(14)17/h4-7,12,18-19H,8-11H2,1-3H3/t12-,16-/m0/s1. The van der Waals surface area contributed by atoms with Crippen molar-refractivity contribution in [2.24, 2.45) is 10.8 Å². The third-order valence-corrected chi connectivity index (χ3v) is 4.33. The molecule has 0 radical (unpaired) electrons. The normalized spacial score (nSPS) is 30.1. The van der Waals surface area contributed by atoms with Crippen molar-refractivity contribution in [2.75, 3.05) is 11.9 Å². The van der Waals surface area contributed by atoms with Crippen LogP contribution in [0.5, 0.6) is 0 Å². The second-order valence-electron chi connectivity index (χ2n) is 7.05. The molecule has 0 bridgehead atoms. The van der Waals surface area contributed by atoms with Gasteiger partial charge in [0.1, 0.15) is 0 Å². The fraction of sp³-hybridized carbons (Fsp3) is 0.625. The molecule has 106 valence electrons. The summed E-state index contributed by atoms with van der Waals surface area (Å²) < 4.78 is 0. The highest BCUT2D eigenvalue weighted by Crippen LogP contribution is 2.46. The van der Waals surface area contributed by atoms with E-state index in [9.17, 15) is 5.11 Å². The number of para-hydroxylation sites is 1. The largest absolute Gasteiger partial charge is 0.393 e. The van der Waals surface area contributed by atoms with Gasteiger partial charge in [0.25, 0.3) is 0 Å². The Morgan fingerprint density at radius 3 is 2.58 bits per heavy atom. The van der Waals surface area contributed by atoms with Gasteiger partial charge in [-0.1, -0.05) is 44.5 Å². The van der Waals surface area contributed by atoms with Crippen LogP contribution in [0.4, 0.5) is 5.69 Å². The molecule has 0 amide bonds. The molecule has 0 saturated heterocycles. The minimum Gasteiger partial charge on any atom is -0.393 e. The third kappa shape index (κ3) is 3.87. The molecule has 0 unspecified atom stereocenters. The summed E-state index contributed by atoms with van der Waals surface area (Å²) >= 11 is 6.16. The van der Waals surface area contributed by atoms with E-state index >= 15 is 0 Å². The van der Waals surface area contributed by atoms with Crippen LogP contribution in [0.2, 0.25) is 5.02 Å². The molecule has 1 saturated carbocycles. The highest BCUT2D eigenvalue weighted by atomic mass is 35.5. The topological polar surface area (TPSA) is 32.3 Å². The minimum absolute atomic E-state index is 0.111. The number of anilines is 1. The number of rotatable bonds is 3. The van der Waals surface area contributed by atoms with E-state index in [0.29, 0.717) is 0 Å². The van der Waals surface area contributed by atoms with Crippen LogP contribution < -0.4 is 5.32 Å². The van der Waals surface area contributed by atoms with Gasteiger partial charge in [-0.15, -0.1) is 0 Å². The van der Waals surface area contributed by atoms with Crippen molar-refractivity contribution in [1.29, 1.82) is 0 Å². The van der Waals surface area contributed by atoms with Gasteiger partial charge >= 0.3 is 0 Å². The first-order valence-electron chi connectivity index (χ1n) is 6.96. The minimum atomic E-state index is -0.193. The molecule has 1 aliphatic carbocycles. The van der Waals surface area contributed by atoms with Gasteiger partial charge in [0, 0.05) is 6.54 Å². The van der Waals surface area contributed by atoms with Gasteiger partial charge in [0.05, 0.1) is 16.8 Å². The van der Waals surface area contributed by atoms with E-state index in [2.05, 4.69) is 26.1 Å². The average Bonchev–Trinajstić information content (AvgIpc) is 2.24. The number of hydrogen-bond acceptors (Lipinski definition) is 2. The Morgan fingerprint density at radius 1 is 1.26 bits per heavy atom. The first kappa shape index (κ1) is 14.7. The van der Waals surface area contributed by atoms with Gasteiger partial charge in [0.15, 0.2) is 0 Å². The van der Waals surface area contributed by atoms with Crippen LogP contribution in [0, 0.1) is 10.8 Å². The summed E-state index contributed by atoms with van der Waals surface area (Å²) in [6.45, 7) is 7.57. The maximum Gasteiger partial charge on any atom is 0.0637 e. The molecule has 1 fully saturated rings. The number of halogens is 1. The van der Waals surface area contributed by atoms with E-state index in [1.807, 2.05) is 24.3 Å². The summed E-state index contributed by atoms with van der Waals surface area (Å²) in [5, 5.41) is 14.3. The Hall–Kier alpha value is -0.730. The molecule has 2 N–H and O–H groups in total. The van der Waals surface area contributed by atoms with E-state index in [1.165, 1.54) is 0 Å². The maximum atomic E-state index is 10.1. The number of nitrogens with one attached hydrogen (secondary N) is 1. The summed E-state index contributed by atoms with van der Waals surface area (Å²) in [6, 6.07) is 7.81. The highest BCUT2D eigenvalue weighted by Gasteiger charge is 2.40. The molecule has 2 nitrogen and oxygen atoms in total. The first-order chi connectivity index (χ1) is 8.80. The Bertz CT molecular complexity index is 446. The van der Waals surface area contributed by atoms with Crippen LogP contribution in [0.15, 0.2) is 24.3 Å². The number of benzene rings is 1. The summed E-state index contributed by atoms with van der Waals surface area (Å²) in [5.74, 6) is 0. The monoisotopic (exact) mass is 281 g/mol. The first-order valence-corrected chi connectivity index (χ1v) is 7.34. The lowest BCUT2D eigenvalue weighted by Crippen LogP contribution is -2.42. The second-order valence-corrected chi connectivity index (χ2v) is 7.45. The molecular weight excluding hydrogens is 258 g/mol. The smallest absolute Gasteiger partial charge is 0.0637 e. The van der Waals surface area contributed by atoms with Crippen molar-refractivity contribution >= 4 is 17.3 Å². The fourth-order valence-corrected chi connectivity index (χ4v) is 3.83. The van der Waals surface area contributed by atoms with Crippen LogP contribution in [0.25, 0.3) is 0 Å². The molecule has 0 aromatic heterocycles. The Kier molecular flexibility index (Phi) is 4.12. The predicted molar refractivity (Wildman–Crippen MR) is 81.7 cm³/mol. The lowest BCUT2D eigenvalue weighted by atomic mass is 9.63. The van der Waals surface area contributed by atoms with E-state index in [-0.39, 0.29) is 16.9 Å². The van der Waals surface area contributed by atoms with Gasteiger partial charge in [0.2, 0.25) is 0 Å². The molecule has 0 spiro atoms. The van der Waals surface area contributed by atoms with E-state index in [0.717, 1.165) is 36.5 Å². The lowest BCUT2D eigenvalue weighted by Gasteiger charge is -2.45. The van der Waals surface area contributed by atoms with Crippen molar-refractivity contribution in [3.05, 3.63) is 29.3 Å². The summed E-state index contributed by atoms with van der Waals surface area (Å²) in [6.07, 6.45) is 2.68. The molecule has 2 atom stereocenters.